The van der Waals surface area contributed by atoms with Crippen LogP contribution in [0.5, 0.6) is 0 Å². The average Bonchev–Trinajstić information content (AvgIpc) is 2.23. The van der Waals surface area contributed by atoms with Gasteiger partial charge in [-0.25, -0.2) is 8.78 Å². The van der Waals surface area contributed by atoms with Crippen LogP contribution in [0.1, 0.15) is 0 Å². The molecule has 0 aliphatic heterocycles. The summed E-state index contributed by atoms with van der Waals surface area (Å²) >= 11 is 0. The first kappa shape index (κ1) is 14.2. The zero-order chi connectivity index (χ0) is 12.6. The fraction of sp³-hybridized carbons (Fsp3) is 0.625. The summed E-state index contributed by atoms with van der Waals surface area (Å²) in [7, 11) is 0. The summed E-state index contributed by atoms with van der Waals surface area (Å²) in [6.45, 7) is -2.20. The Kier molecular flexibility index (Phi) is 6.71. The van der Waals surface area contributed by atoms with Gasteiger partial charge in [0.2, 0.25) is 0 Å². The van der Waals surface area contributed by atoms with Crippen molar-refractivity contribution in [3.05, 3.63) is 0 Å². The number of halogens is 2. The Hall–Kier alpha value is -1.75. The molecule has 90 valence electrons. The summed E-state index contributed by atoms with van der Waals surface area (Å²) in [5, 5.41) is 18.6. The molecule has 0 heterocycles. The Bertz CT molecular complexity index is 291. The molecule has 0 aliphatic rings. The van der Waals surface area contributed by atoms with Crippen molar-refractivity contribution in [2.75, 3.05) is 26.2 Å². The minimum Gasteiger partial charge on any atom is -0.395 e. The molecule has 0 unspecified atom stereocenters. The van der Waals surface area contributed by atoms with Gasteiger partial charge in [-0.1, -0.05) is 0 Å². The van der Waals surface area contributed by atoms with Gasteiger partial charge in [-0.15, -0.1) is 0 Å². The standard InChI is InChI=1S/C8H11F2N3O3/c9-6(10)5-13(3-4-14)8(16)7(15)12-2-1-11/h6,14H,2-5H2,(H,12,15). The molecule has 0 rings (SSSR count). The zero-order valence-corrected chi connectivity index (χ0v) is 8.32. The molecule has 0 aromatic rings. The van der Waals surface area contributed by atoms with Gasteiger partial charge in [0.1, 0.15) is 6.54 Å². The normalized spacial score (nSPS) is 9.69. The van der Waals surface area contributed by atoms with Gasteiger partial charge in [0, 0.05) is 6.54 Å². The number of nitriles is 1. The smallest absolute Gasteiger partial charge is 0.312 e. The van der Waals surface area contributed by atoms with Crippen molar-refractivity contribution in [2.45, 2.75) is 6.43 Å². The Balaban J connectivity index is 4.36. The van der Waals surface area contributed by atoms with Crippen molar-refractivity contribution < 1.29 is 23.5 Å². The van der Waals surface area contributed by atoms with E-state index in [4.69, 9.17) is 10.4 Å². The maximum absolute atomic E-state index is 12.0. The van der Waals surface area contributed by atoms with Crippen LogP contribution in [-0.2, 0) is 9.59 Å². The van der Waals surface area contributed by atoms with Crippen LogP contribution in [0.4, 0.5) is 8.78 Å². The van der Waals surface area contributed by atoms with E-state index in [0.29, 0.717) is 4.90 Å². The third-order valence-electron chi connectivity index (χ3n) is 1.54. The van der Waals surface area contributed by atoms with Gasteiger partial charge < -0.3 is 15.3 Å². The third-order valence-corrected chi connectivity index (χ3v) is 1.54. The van der Waals surface area contributed by atoms with E-state index in [0.717, 1.165) is 0 Å². The van der Waals surface area contributed by atoms with Crippen LogP contribution in [0, 0.1) is 11.3 Å². The summed E-state index contributed by atoms with van der Waals surface area (Å²) in [5.41, 5.74) is 0. The monoisotopic (exact) mass is 235 g/mol. The number of amides is 2. The maximum atomic E-state index is 12.0. The van der Waals surface area contributed by atoms with E-state index in [9.17, 15) is 18.4 Å². The molecule has 0 radical (unpaired) electrons. The topological polar surface area (TPSA) is 93.4 Å². The number of hydrogen-bond acceptors (Lipinski definition) is 4. The number of carbonyl (C=O) groups excluding carboxylic acids is 2. The first-order valence-electron chi connectivity index (χ1n) is 4.36. The maximum Gasteiger partial charge on any atom is 0.312 e. The molecule has 2 amide bonds. The van der Waals surface area contributed by atoms with E-state index >= 15 is 0 Å². The Morgan fingerprint density at radius 3 is 2.56 bits per heavy atom. The number of aliphatic hydroxyl groups is 1. The molecular formula is C8H11F2N3O3. The lowest BCUT2D eigenvalue weighted by Gasteiger charge is -2.19. The van der Waals surface area contributed by atoms with Crippen molar-refractivity contribution in [1.82, 2.24) is 10.2 Å². The van der Waals surface area contributed by atoms with Crippen LogP contribution in [0.2, 0.25) is 0 Å². The summed E-state index contributed by atoms with van der Waals surface area (Å²) in [6, 6.07) is 1.56. The molecule has 6 nitrogen and oxygen atoms in total. The van der Waals surface area contributed by atoms with Gasteiger partial charge in [0.05, 0.1) is 19.2 Å². The number of carbonyl (C=O) groups is 2. The number of hydrogen-bond donors (Lipinski definition) is 2. The predicted octanol–water partition coefficient (Wildman–Crippen LogP) is -1.29. The van der Waals surface area contributed by atoms with E-state index in [1.165, 1.54) is 0 Å². The highest BCUT2D eigenvalue weighted by molar-refractivity contribution is 6.35. The lowest BCUT2D eigenvalue weighted by Crippen LogP contribution is -2.46. The molecule has 0 aliphatic carbocycles. The summed E-state index contributed by atoms with van der Waals surface area (Å²) in [5.74, 6) is -2.33. The highest BCUT2D eigenvalue weighted by Gasteiger charge is 2.23. The van der Waals surface area contributed by atoms with Gasteiger partial charge in [-0.05, 0) is 0 Å². The van der Waals surface area contributed by atoms with E-state index < -0.39 is 31.4 Å². The van der Waals surface area contributed by atoms with E-state index in [1.807, 2.05) is 5.32 Å². The Labute approximate surface area is 90.4 Å². The lowest BCUT2D eigenvalue weighted by molar-refractivity contribution is -0.147. The molecule has 0 spiro atoms. The lowest BCUT2D eigenvalue weighted by atomic mass is 10.4. The van der Waals surface area contributed by atoms with Crippen LogP contribution in [-0.4, -0.2) is 54.5 Å². The minimum atomic E-state index is -2.79. The van der Waals surface area contributed by atoms with E-state index in [1.54, 1.807) is 6.07 Å². The molecule has 0 saturated carbocycles. The minimum absolute atomic E-state index is 0.358. The first-order valence-corrected chi connectivity index (χ1v) is 4.36. The number of rotatable bonds is 5. The van der Waals surface area contributed by atoms with Crippen LogP contribution in [0.25, 0.3) is 0 Å². The molecule has 0 bridgehead atoms. The van der Waals surface area contributed by atoms with Crippen molar-refractivity contribution in [3.8, 4) is 6.07 Å². The summed E-state index contributed by atoms with van der Waals surface area (Å²) in [6.07, 6.45) is -2.79. The number of alkyl halides is 2. The molecule has 0 atom stereocenters. The first-order chi connectivity index (χ1) is 7.52. The predicted molar refractivity (Wildman–Crippen MR) is 48.3 cm³/mol. The Morgan fingerprint density at radius 2 is 2.12 bits per heavy atom. The summed E-state index contributed by atoms with van der Waals surface area (Å²) < 4.78 is 24.0. The second-order valence-electron chi connectivity index (χ2n) is 2.71. The van der Waals surface area contributed by atoms with E-state index in [-0.39, 0.29) is 13.1 Å². The van der Waals surface area contributed by atoms with Crippen molar-refractivity contribution >= 4 is 11.8 Å². The molecule has 0 aromatic heterocycles. The van der Waals surface area contributed by atoms with Crippen molar-refractivity contribution in [1.29, 1.82) is 5.26 Å². The second-order valence-corrected chi connectivity index (χ2v) is 2.71. The fourth-order valence-electron chi connectivity index (χ4n) is 0.902. The average molecular weight is 235 g/mol. The summed E-state index contributed by atoms with van der Waals surface area (Å²) in [4.78, 5) is 22.8. The number of nitrogens with zero attached hydrogens (tertiary/aromatic N) is 2. The Morgan fingerprint density at radius 1 is 1.50 bits per heavy atom. The van der Waals surface area contributed by atoms with Gasteiger partial charge in [-0.3, -0.25) is 9.59 Å². The molecule has 0 saturated heterocycles. The molecule has 0 fully saturated rings. The highest BCUT2D eigenvalue weighted by Crippen LogP contribution is 1.98. The third kappa shape index (κ3) is 5.21. The largest absolute Gasteiger partial charge is 0.395 e. The van der Waals surface area contributed by atoms with E-state index in [2.05, 4.69) is 0 Å². The van der Waals surface area contributed by atoms with Crippen LogP contribution >= 0.6 is 0 Å². The van der Waals surface area contributed by atoms with Crippen LogP contribution in [0.15, 0.2) is 0 Å². The van der Waals surface area contributed by atoms with Gasteiger partial charge in [-0.2, -0.15) is 5.26 Å². The van der Waals surface area contributed by atoms with Crippen LogP contribution < -0.4 is 5.32 Å². The number of nitrogens with one attached hydrogen (secondary N) is 1. The van der Waals surface area contributed by atoms with Crippen LogP contribution in [0.3, 0.4) is 0 Å². The highest BCUT2D eigenvalue weighted by atomic mass is 19.3. The van der Waals surface area contributed by atoms with Gasteiger partial charge in [0.15, 0.2) is 0 Å². The zero-order valence-electron chi connectivity index (χ0n) is 8.32. The quantitative estimate of drug-likeness (QED) is 0.458. The fourth-order valence-corrected chi connectivity index (χ4v) is 0.902. The second kappa shape index (κ2) is 7.53. The molecule has 8 heteroatoms. The molecular weight excluding hydrogens is 224 g/mol. The van der Waals surface area contributed by atoms with Crippen molar-refractivity contribution in [2.24, 2.45) is 0 Å². The van der Waals surface area contributed by atoms with Crippen molar-refractivity contribution in [3.63, 3.8) is 0 Å². The number of aliphatic hydroxyl groups excluding tert-OH is 1. The molecule has 2 N–H and O–H groups in total. The molecule has 16 heavy (non-hydrogen) atoms. The SMILES string of the molecule is N#CCNC(=O)C(=O)N(CCO)CC(F)F. The van der Waals surface area contributed by atoms with Gasteiger partial charge >= 0.3 is 11.8 Å². The molecule has 0 aromatic carbocycles. The van der Waals surface area contributed by atoms with Gasteiger partial charge in [0.25, 0.3) is 6.43 Å².